The predicted octanol–water partition coefficient (Wildman–Crippen LogP) is 4.11. The van der Waals surface area contributed by atoms with E-state index in [1.165, 1.54) is 5.56 Å². The Hall–Kier alpha value is -0.970. The van der Waals surface area contributed by atoms with E-state index in [2.05, 4.69) is 17.7 Å². The number of fused-ring (bicyclic) bond motifs is 1. The highest BCUT2D eigenvalue weighted by Crippen LogP contribution is 2.31. The molecule has 0 radical (unpaired) electrons. The van der Waals surface area contributed by atoms with E-state index in [1.807, 2.05) is 45.9 Å². The standard InChI is InChI=1S/C16H23NO2S/c1-6-12-13-9-7-8-10-14(13)19-15(12)11(2)17-20(18)16(3,4)5/h7-11,17H,6H2,1-5H3/t11-,20-/m1/s1. The van der Waals surface area contributed by atoms with E-state index in [1.54, 1.807) is 0 Å². The van der Waals surface area contributed by atoms with Crippen molar-refractivity contribution < 1.29 is 8.97 Å². The van der Waals surface area contributed by atoms with E-state index in [0.717, 1.165) is 23.2 Å². The fourth-order valence-corrected chi connectivity index (χ4v) is 3.00. The molecule has 2 rings (SSSR count). The SMILES string of the molecule is CCc1c([C@@H](C)N[S@+]([O-])C(C)(C)C)oc2ccccc12. The van der Waals surface area contributed by atoms with Crippen molar-refractivity contribution in [2.24, 2.45) is 0 Å². The molecule has 0 bridgehead atoms. The molecule has 3 nitrogen and oxygen atoms in total. The Morgan fingerprint density at radius 2 is 1.95 bits per heavy atom. The second-order valence-corrected chi connectivity index (χ2v) is 8.01. The van der Waals surface area contributed by atoms with Gasteiger partial charge in [0.25, 0.3) is 0 Å². The average Bonchev–Trinajstić information content (AvgIpc) is 2.75. The molecule has 0 fully saturated rings. The van der Waals surface area contributed by atoms with Gasteiger partial charge in [-0.25, -0.2) is 0 Å². The minimum absolute atomic E-state index is 0.0718. The molecule has 2 aromatic rings. The van der Waals surface area contributed by atoms with Crippen molar-refractivity contribution in [3.05, 3.63) is 35.6 Å². The Balaban J connectivity index is 2.32. The first-order valence-corrected chi connectivity index (χ1v) is 8.18. The lowest BCUT2D eigenvalue weighted by Gasteiger charge is -2.26. The zero-order valence-corrected chi connectivity index (χ0v) is 13.6. The normalized spacial score (nSPS) is 15.5. The molecule has 1 aromatic carbocycles. The Kier molecular flexibility index (Phi) is 4.47. The number of aryl methyl sites for hydroxylation is 1. The predicted molar refractivity (Wildman–Crippen MR) is 85.0 cm³/mol. The van der Waals surface area contributed by atoms with Gasteiger partial charge in [0.1, 0.15) is 22.1 Å². The highest BCUT2D eigenvalue weighted by atomic mass is 32.2. The molecule has 110 valence electrons. The third kappa shape index (κ3) is 3.03. The molecule has 1 N–H and O–H groups in total. The second-order valence-electron chi connectivity index (χ2n) is 6.02. The van der Waals surface area contributed by atoms with Gasteiger partial charge < -0.3 is 8.97 Å². The maximum Gasteiger partial charge on any atom is 0.136 e. The fraction of sp³-hybridized carbons (Fsp3) is 0.500. The van der Waals surface area contributed by atoms with Crippen LogP contribution >= 0.6 is 0 Å². The van der Waals surface area contributed by atoms with Crippen molar-refractivity contribution in [2.45, 2.75) is 51.8 Å². The van der Waals surface area contributed by atoms with Crippen molar-refractivity contribution in [3.8, 4) is 0 Å². The summed E-state index contributed by atoms with van der Waals surface area (Å²) >= 11 is -1.11. The number of para-hydroxylation sites is 1. The van der Waals surface area contributed by atoms with Crippen molar-refractivity contribution in [3.63, 3.8) is 0 Å². The summed E-state index contributed by atoms with van der Waals surface area (Å²) in [5.74, 6) is 0.895. The third-order valence-corrected chi connectivity index (χ3v) is 5.00. The topological polar surface area (TPSA) is 48.2 Å². The van der Waals surface area contributed by atoms with Gasteiger partial charge in [-0.05, 0) is 40.2 Å². The van der Waals surface area contributed by atoms with E-state index < -0.39 is 11.4 Å². The third-order valence-electron chi connectivity index (χ3n) is 3.32. The van der Waals surface area contributed by atoms with E-state index in [-0.39, 0.29) is 10.8 Å². The lowest BCUT2D eigenvalue weighted by Crippen LogP contribution is -2.40. The Labute approximate surface area is 124 Å². The lowest BCUT2D eigenvalue weighted by molar-refractivity contribution is 0.471. The van der Waals surface area contributed by atoms with Crippen LogP contribution in [0.1, 0.15) is 52.0 Å². The molecule has 2 atom stereocenters. The van der Waals surface area contributed by atoms with E-state index >= 15 is 0 Å². The highest BCUT2D eigenvalue weighted by molar-refractivity contribution is 7.90. The molecule has 0 amide bonds. The first-order valence-electron chi connectivity index (χ1n) is 7.03. The molecular weight excluding hydrogens is 270 g/mol. The van der Waals surface area contributed by atoms with Crippen LogP contribution in [0, 0.1) is 0 Å². The first kappa shape index (κ1) is 15.4. The van der Waals surface area contributed by atoms with Gasteiger partial charge in [0, 0.05) is 22.3 Å². The Morgan fingerprint density at radius 1 is 1.30 bits per heavy atom. The monoisotopic (exact) mass is 293 g/mol. The maximum absolute atomic E-state index is 12.2. The number of furan rings is 1. The Bertz CT molecular complexity index is 586. The summed E-state index contributed by atoms with van der Waals surface area (Å²) in [6, 6.07) is 7.98. The van der Waals surface area contributed by atoms with Gasteiger partial charge in [-0.2, -0.15) is 0 Å². The van der Waals surface area contributed by atoms with Crippen molar-refractivity contribution >= 4 is 22.3 Å². The van der Waals surface area contributed by atoms with Crippen LogP contribution in [0.15, 0.2) is 28.7 Å². The minimum Gasteiger partial charge on any atom is -0.598 e. The summed E-state index contributed by atoms with van der Waals surface area (Å²) in [4.78, 5) is 0. The summed E-state index contributed by atoms with van der Waals surface area (Å²) in [5.41, 5.74) is 2.10. The van der Waals surface area contributed by atoms with Crippen LogP contribution in [0.2, 0.25) is 0 Å². The number of hydrogen-bond donors (Lipinski definition) is 1. The van der Waals surface area contributed by atoms with E-state index in [4.69, 9.17) is 4.42 Å². The Morgan fingerprint density at radius 3 is 2.55 bits per heavy atom. The molecule has 4 heteroatoms. The molecule has 0 aliphatic rings. The van der Waals surface area contributed by atoms with Crippen molar-refractivity contribution in [1.29, 1.82) is 0 Å². The van der Waals surface area contributed by atoms with Gasteiger partial charge in [0.05, 0.1) is 0 Å². The van der Waals surface area contributed by atoms with E-state index in [9.17, 15) is 4.55 Å². The highest BCUT2D eigenvalue weighted by Gasteiger charge is 2.30. The molecule has 0 aliphatic heterocycles. The summed E-state index contributed by atoms with van der Waals surface area (Å²) in [5, 5.41) is 1.15. The first-order chi connectivity index (χ1) is 9.34. The summed E-state index contributed by atoms with van der Waals surface area (Å²) < 4.78 is 21.1. The molecule has 1 aromatic heterocycles. The molecule has 0 saturated heterocycles. The van der Waals surface area contributed by atoms with Crippen LogP contribution < -0.4 is 4.72 Å². The van der Waals surface area contributed by atoms with Crippen LogP contribution in [-0.4, -0.2) is 9.30 Å². The van der Waals surface area contributed by atoms with Gasteiger partial charge in [-0.3, -0.25) is 0 Å². The largest absolute Gasteiger partial charge is 0.598 e. The van der Waals surface area contributed by atoms with Crippen molar-refractivity contribution in [2.75, 3.05) is 0 Å². The number of nitrogens with one attached hydrogen (secondary N) is 1. The van der Waals surface area contributed by atoms with Gasteiger partial charge in [0.15, 0.2) is 0 Å². The molecule has 0 aliphatic carbocycles. The summed E-state index contributed by atoms with van der Waals surface area (Å²) in [7, 11) is 0. The average molecular weight is 293 g/mol. The zero-order valence-electron chi connectivity index (χ0n) is 12.8. The van der Waals surface area contributed by atoms with Crippen LogP contribution in [0.3, 0.4) is 0 Å². The molecule has 0 unspecified atom stereocenters. The summed E-state index contributed by atoms with van der Waals surface area (Å²) in [6.07, 6.45) is 0.903. The molecule has 0 saturated carbocycles. The van der Waals surface area contributed by atoms with Crippen LogP contribution in [0.4, 0.5) is 0 Å². The van der Waals surface area contributed by atoms with Gasteiger partial charge >= 0.3 is 0 Å². The van der Waals surface area contributed by atoms with Gasteiger partial charge in [-0.1, -0.05) is 25.1 Å². The molecule has 20 heavy (non-hydrogen) atoms. The van der Waals surface area contributed by atoms with Crippen LogP contribution in [0.5, 0.6) is 0 Å². The van der Waals surface area contributed by atoms with Gasteiger partial charge in [-0.15, -0.1) is 4.72 Å². The van der Waals surface area contributed by atoms with Crippen LogP contribution in [-0.2, 0) is 17.8 Å². The number of benzene rings is 1. The molecule has 0 spiro atoms. The molecular formula is C16H23NO2S. The minimum atomic E-state index is -1.11. The number of rotatable bonds is 4. The van der Waals surface area contributed by atoms with E-state index in [0.29, 0.717) is 0 Å². The molecule has 1 heterocycles. The lowest BCUT2D eigenvalue weighted by atomic mass is 10.1. The van der Waals surface area contributed by atoms with Crippen molar-refractivity contribution in [1.82, 2.24) is 4.72 Å². The maximum atomic E-state index is 12.2. The fourth-order valence-electron chi connectivity index (χ4n) is 2.22. The van der Waals surface area contributed by atoms with Crippen LogP contribution in [0.25, 0.3) is 11.0 Å². The second kappa shape index (κ2) is 5.80. The zero-order chi connectivity index (χ0) is 14.9. The number of hydrogen-bond acceptors (Lipinski definition) is 3. The summed E-state index contributed by atoms with van der Waals surface area (Å²) in [6.45, 7) is 10.0. The quantitative estimate of drug-likeness (QED) is 0.863. The smallest absolute Gasteiger partial charge is 0.136 e. The van der Waals surface area contributed by atoms with Gasteiger partial charge in [0.2, 0.25) is 0 Å².